The van der Waals surface area contributed by atoms with Gasteiger partial charge >= 0.3 is 5.97 Å². The van der Waals surface area contributed by atoms with E-state index in [4.69, 9.17) is 4.74 Å². The van der Waals surface area contributed by atoms with Gasteiger partial charge in [0.15, 0.2) is 5.78 Å². The summed E-state index contributed by atoms with van der Waals surface area (Å²) in [6, 6.07) is 10.7. The van der Waals surface area contributed by atoms with Crippen molar-refractivity contribution in [1.29, 1.82) is 0 Å². The number of aryl methyl sites for hydroxylation is 3. The number of hydrogen-bond donors (Lipinski definition) is 1. The van der Waals surface area contributed by atoms with Gasteiger partial charge in [-0.1, -0.05) is 42.0 Å². The number of fused-ring (bicyclic) bond motifs is 1. The third kappa shape index (κ3) is 4.64. The molecule has 1 aliphatic rings. The van der Waals surface area contributed by atoms with Crippen molar-refractivity contribution >= 4 is 21.8 Å². The van der Waals surface area contributed by atoms with Gasteiger partial charge in [0.25, 0.3) is 0 Å². The average Bonchev–Trinajstić information content (AvgIpc) is 2.92. The molecule has 0 unspecified atom stereocenters. The van der Waals surface area contributed by atoms with Crippen LogP contribution in [0.5, 0.6) is 0 Å². The summed E-state index contributed by atoms with van der Waals surface area (Å²) in [5.74, 6) is -0.933. The Morgan fingerprint density at radius 2 is 1.69 bits per heavy atom. The minimum atomic E-state index is -3.82. The Bertz CT molecular complexity index is 1150. The van der Waals surface area contributed by atoms with Crippen molar-refractivity contribution < 1.29 is 22.7 Å². The summed E-state index contributed by atoms with van der Waals surface area (Å²) in [7, 11) is -3.82. The second-order valence-electron chi connectivity index (χ2n) is 9.62. The lowest BCUT2D eigenvalue weighted by molar-refractivity contribution is -0.164. The summed E-state index contributed by atoms with van der Waals surface area (Å²) >= 11 is 0. The largest absolute Gasteiger partial charge is 0.459 e. The summed E-state index contributed by atoms with van der Waals surface area (Å²) < 4.78 is 34.3. The van der Waals surface area contributed by atoms with Gasteiger partial charge in [-0.25, -0.2) is 13.1 Å². The fraction of sp³-hybridized carbons (Fsp3) is 0.440. The number of benzene rings is 2. The molecule has 0 saturated heterocycles. The van der Waals surface area contributed by atoms with Crippen molar-refractivity contribution in [2.24, 2.45) is 5.41 Å². The van der Waals surface area contributed by atoms with E-state index in [0.717, 1.165) is 11.1 Å². The van der Waals surface area contributed by atoms with Gasteiger partial charge in [-0.2, -0.15) is 0 Å². The average molecular weight is 458 g/mol. The standard InChI is InChI=1S/C25H31NO5S/c1-16-13-17(2)21(18(3)14-16)32(29,30)26-12-11-25(23(28)31-24(4,5)6)15-19-9-7-8-10-20(19)22(25)27/h7-10,13-14,26H,11-12,15H2,1-6H3/t25-/m1/s1. The van der Waals surface area contributed by atoms with E-state index < -0.39 is 27.0 Å². The van der Waals surface area contributed by atoms with E-state index in [1.807, 2.05) is 31.2 Å². The SMILES string of the molecule is Cc1cc(C)c(S(=O)(=O)NCC[C@@]2(C(=O)OC(C)(C)C)Cc3ccccc3C2=O)c(C)c1. The molecule has 0 spiro atoms. The summed E-state index contributed by atoms with van der Waals surface area (Å²) in [4.78, 5) is 26.8. The predicted molar refractivity (Wildman–Crippen MR) is 123 cm³/mol. The first-order chi connectivity index (χ1) is 14.8. The van der Waals surface area contributed by atoms with Crippen LogP contribution in [0.2, 0.25) is 0 Å². The van der Waals surface area contributed by atoms with Gasteiger partial charge in [0.2, 0.25) is 10.0 Å². The van der Waals surface area contributed by atoms with Gasteiger partial charge in [-0.05, 0) is 71.1 Å². The number of ether oxygens (including phenoxy) is 1. The fourth-order valence-electron chi connectivity index (χ4n) is 4.47. The molecular formula is C25H31NO5S. The van der Waals surface area contributed by atoms with Crippen LogP contribution in [0.1, 0.15) is 59.8 Å². The molecular weight excluding hydrogens is 426 g/mol. The van der Waals surface area contributed by atoms with Crippen LogP contribution in [0.25, 0.3) is 0 Å². The Hall–Kier alpha value is -2.51. The van der Waals surface area contributed by atoms with Gasteiger partial charge in [0.05, 0.1) is 4.90 Å². The smallest absolute Gasteiger partial charge is 0.320 e. The fourth-order valence-corrected chi connectivity index (χ4v) is 5.95. The molecule has 172 valence electrons. The topological polar surface area (TPSA) is 89.5 Å². The van der Waals surface area contributed by atoms with Gasteiger partial charge in [-0.15, -0.1) is 0 Å². The first-order valence-corrected chi connectivity index (χ1v) is 12.2. The van der Waals surface area contributed by atoms with Crippen molar-refractivity contribution in [3.63, 3.8) is 0 Å². The number of Topliss-reactive ketones (excluding diaryl/α,β-unsaturated/α-hetero) is 1. The van der Waals surface area contributed by atoms with Crippen molar-refractivity contribution in [2.75, 3.05) is 6.54 Å². The van der Waals surface area contributed by atoms with Gasteiger partial charge in [-0.3, -0.25) is 9.59 Å². The summed E-state index contributed by atoms with van der Waals surface area (Å²) in [6.45, 7) is 10.6. The molecule has 0 bridgehead atoms. The molecule has 0 aromatic heterocycles. The Kier molecular flexibility index (Phi) is 6.37. The Morgan fingerprint density at radius 1 is 1.09 bits per heavy atom. The van der Waals surface area contributed by atoms with Crippen LogP contribution in [0.15, 0.2) is 41.3 Å². The normalized spacial score (nSPS) is 18.5. The van der Waals surface area contributed by atoms with E-state index in [1.165, 1.54) is 0 Å². The minimum absolute atomic E-state index is 0.0125. The molecule has 0 amide bonds. The quantitative estimate of drug-likeness (QED) is 0.522. The lowest BCUT2D eigenvalue weighted by atomic mass is 9.80. The number of carbonyl (C=O) groups is 2. The Labute approximate surface area is 190 Å². The van der Waals surface area contributed by atoms with Crippen LogP contribution < -0.4 is 4.72 Å². The Morgan fingerprint density at radius 3 is 2.25 bits per heavy atom. The van der Waals surface area contributed by atoms with Gasteiger partial charge in [0, 0.05) is 12.1 Å². The molecule has 0 aliphatic heterocycles. The molecule has 0 fully saturated rings. The predicted octanol–water partition coefficient (Wildman–Crippen LogP) is 4.05. The zero-order chi connectivity index (χ0) is 23.9. The third-order valence-corrected chi connectivity index (χ3v) is 7.46. The number of ketones is 1. The third-order valence-electron chi connectivity index (χ3n) is 5.70. The number of esters is 1. The van der Waals surface area contributed by atoms with Crippen LogP contribution >= 0.6 is 0 Å². The van der Waals surface area contributed by atoms with Crippen LogP contribution in [-0.4, -0.2) is 32.3 Å². The highest BCUT2D eigenvalue weighted by Crippen LogP contribution is 2.41. The van der Waals surface area contributed by atoms with Crippen LogP contribution in [0.4, 0.5) is 0 Å². The molecule has 1 aliphatic carbocycles. The molecule has 6 nitrogen and oxygen atoms in total. The molecule has 7 heteroatoms. The molecule has 1 N–H and O–H groups in total. The number of hydrogen-bond acceptors (Lipinski definition) is 5. The molecule has 3 rings (SSSR count). The highest BCUT2D eigenvalue weighted by Gasteiger charge is 2.53. The molecule has 0 heterocycles. The highest BCUT2D eigenvalue weighted by atomic mass is 32.2. The van der Waals surface area contributed by atoms with Crippen molar-refractivity contribution in [1.82, 2.24) is 4.72 Å². The van der Waals surface area contributed by atoms with E-state index in [9.17, 15) is 18.0 Å². The summed E-state index contributed by atoms with van der Waals surface area (Å²) in [5.41, 5.74) is 1.34. The first-order valence-electron chi connectivity index (χ1n) is 10.7. The van der Waals surface area contributed by atoms with E-state index in [1.54, 1.807) is 46.8 Å². The van der Waals surface area contributed by atoms with E-state index >= 15 is 0 Å². The highest BCUT2D eigenvalue weighted by molar-refractivity contribution is 7.89. The van der Waals surface area contributed by atoms with E-state index in [2.05, 4.69) is 4.72 Å². The molecule has 0 saturated carbocycles. The van der Waals surface area contributed by atoms with Crippen molar-refractivity contribution in [2.45, 2.75) is 64.9 Å². The maximum Gasteiger partial charge on any atom is 0.320 e. The first kappa shape index (κ1) is 24.1. The number of rotatable bonds is 6. The maximum atomic E-state index is 13.3. The zero-order valence-corrected chi connectivity index (χ0v) is 20.4. The molecule has 0 radical (unpaired) electrons. The maximum absolute atomic E-state index is 13.3. The summed E-state index contributed by atoms with van der Waals surface area (Å²) in [5, 5.41) is 0. The second kappa shape index (κ2) is 8.45. The number of sulfonamides is 1. The lowest BCUT2D eigenvalue weighted by Gasteiger charge is -2.30. The zero-order valence-electron chi connectivity index (χ0n) is 19.5. The lowest BCUT2D eigenvalue weighted by Crippen LogP contribution is -2.44. The Balaban J connectivity index is 1.88. The monoisotopic (exact) mass is 457 g/mol. The van der Waals surface area contributed by atoms with Crippen molar-refractivity contribution in [3.05, 3.63) is 64.2 Å². The van der Waals surface area contributed by atoms with Gasteiger partial charge < -0.3 is 4.74 Å². The van der Waals surface area contributed by atoms with Crippen molar-refractivity contribution in [3.8, 4) is 0 Å². The van der Waals surface area contributed by atoms with Crippen LogP contribution in [0, 0.1) is 26.2 Å². The number of carbonyl (C=O) groups excluding carboxylic acids is 2. The number of nitrogens with one attached hydrogen (secondary N) is 1. The van der Waals surface area contributed by atoms with E-state index in [-0.39, 0.29) is 30.1 Å². The van der Waals surface area contributed by atoms with Gasteiger partial charge in [0.1, 0.15) is 11.0 Å². The van der Waals surface area contributed by atoms with Crippen LogP contribution in [0.3, 0.4) is 0 Å². The second-order valence-corrected chi connectivity index (χ2v) is 11.3. The molecule has 32 heavy (non-hydrogen) atoms. The summed E-state index contributed by atoms with van der Waals surface area (Å²) in [6.07, 6.45) is 0.208. The molecule has 2 aromatic carbocycles. The minimum Gasteiger partial charge on any atom is -0.459 e. The molecule has 1 atom stereocenters. The van der Waals surface area contributed by atoms with E-state index in [0.29, 0.717) is 16.7 Å². The van der Waals surface area contributed by atoms with Crippen LogP contribution in [-0.2, 0) is 26.0 Å². The molecule has 2 aromatic rings.